The third kappa shape index (κ3) is 3.12. The van der Waals surface area contributed by atoms with Crippen molar-refractivity contribution in [2.24, 2.45) is 0 Å². The van der Waals surface area contributed by atoms with Gasteiger partial charge in [-0.25, -0.2) is 5.48 Å². The first-order chi connectivity index (χ1) is 7.74. The standard InChI is InChI=1S/C11H11N2O3.Y/c14-7-13-4-3-8-1-2-9(11(15)12-16)5-10(8)6-13;/h1-2,5,16H,3-4,6H2,(H,12,15);/q-1;. The van der Waals surface area contributed by atoms with Gasteiger partial charge in [0.25, 0.3) is 5.91 Å². The Hall–Kier alpha value is -0.776. The van der Waals surface area contributed by atoms with Gasteiger partial charge in [-0.15, -0.1) is 0 Å². The average Bonchev–Trinajstić information content (AvgIpc) is 2.36. The molecule has 0 spiro atoms. The van der Waals surface area contributed by atoms with E-state index in [1.165, 1.54) is 4.90 Å². The number of carbonyl (C=O) groups excluding carboxylic acids is 2. The zero-order chi connectivity index (χ0) is 11.5. The normalized spacial score (nSPS) is 13.4. The van der Waals surface area contributed by atoms with Crippen molar-refractivity contribution in [3.05, 3.63) is 34.9 Å². The smallest absolute Gasteiger partial charge is 0.274 e. The minimum Gasteiger partial charge on any atom is -0.520 e. The molecule has 87 valence electrons. The van der Waals surface area contributed by atoms with Gasteiger partial charge < -0.3 is 9.69 Å². The Morgan fingerprint density at radius 2 is 2.18 bits per heavy atom. The van der Waals surface area contributed by atoms with Gasteiger partial charge in [0.1, 0.15) is 0 Å². The Balaban J connectivity index is 0.00000144. The van der Waals surface area contributed by atoms with Crippen LogP contribution in [0, 0.1) is 0 Å². The van der Waals surface area contributed by atoms with Gasteiger partial charge in [-0.05, 0) is 36.2 Å². The Kier molecular flexibility index (Phi) is 5.24. The fourth-order valence-electron chi connectivity index (χ4n) is 1.84. The predicted molar refractivity (Wildman–Crippen MR) is 55.5 cm³/mol. The van der Waals surface area contributed by atoms with Gasteiger partial charge in [-0.3, -0.25) is 10.0 Å². The molecule has 1 aliphatic rings. The van der Waals surface area contributed by atoms with Crippen LogP contribution < -0.4 is 5.48 Å². The number of rotatable bonds is 2. The summed E-state index contributed by atoms with van der Waals surface area (Å²) in [7, 11) is 0. The molecule has 2 rings (SSSR count). The SMILES string of the molecule is O=[C-]N1CCc2ccc(C(=O)NO)cc2C1.[Y]. The van der Waals surface area contributed by atoms with Crippen LogP contribution in [0.25, 0.3) is 0 Å². The monoisotopic (exact) mass is 308 g/mol. The molecule has 0 unspecified atom stereocenters. The third-order valence-corrected chi connectivity index (χ3v) is 2.71. The van der Waals surface area contributed by atoms with Crippen molar-refractivity contribution >= 4 is 12.3 Å². The second-order valence-corrected chi connectivity index (χ2v) is 3.69. The van der Waals surface area contributed by atoms with E-state index in [4.69, 9.17) is 5.21 Å². The van der Waals surface area contributed by atoms with E-state index in [-0.39, 0.29) is 32.7 Å². The second-order valence-electron chi connectivity index (χ2n) is 3.69. The molecule has 0 bridgehead atoms. The Labute approximate surface area is 124 Å². The van der Waals surface area contributed by atoms with Crippen LogP contribution in [0.3, 0.4) is 0 Å². The minimum atomic E-state index is -0.546. The summed E-state index contributed by atoms with van der Waals surface area (Å²) in [6.45, 7) is 1.12. The number of fused-ring (bicyclic) bond motifs is 1. The van der Waals surface area contributed by atoms with Crippen LogP contribution in [0.1, 0.15) is 21.5 Å². The Morgan fingerprint density at radius 3 is 2.82 bits per heavy atom. The van der Waals surface area contributed by atoms with E-state index in [2.05, 4.69) is 0 Å². The van der Waals surface area contributed by atoms with Crippen LogP contribution in [0.4, 0.5) is 0 Å². The molecule has 17 heavy (non-hydrogen) atoms. The van der Waals surface area contributed by atoms with Crippen LogP contribution in [0.2, 0.25) is 0 Å². The summed E-state index contributed by atoms with van der Waals surface area (Å²) in [4.78, 5) is 23.3. The third-order valence-electron chi connectivity index (χ3n) is 2.71. The maximum atomic E-state index is 11.2. The zero-order valence-corrected chi connectivity index (χ0v) is 12.0. The van der Waals surface area contributed by atoms with Gasteiger partial charge in [-0.1, -0.05) is 6.07 Å². The number of benzene rings is 1. The largest absolute Gasteiger partial charge is 0.520 e. The molecular formula is C11H11N2O3Y-. The number of nitrogens with zero attached hydrogens (tertiary/aromatic N) is 1. The summed E-state index contributed by atoms with van der Waals surface area (Å²) in [5, 5.41) is 8.52. The van der Waals surface area contributed by atoms with Crippen molar-refractivity contribution in [2.75, 3.05) is 6.54 Å². The van der Waals surface area contributed by atoms with Crippen LogP contribution in [-0.4, -0.2) is 29.0 Å². The van der Waals surface area contributed by atoms with E-state index in [0.29, 0.717) is 18.7 Å². The Bertz CT molecular complexity index is 437. The molecule has 1 heterocycles. The van der Waals surface area contributed by atoms with Gasteiger partial charge in [-0.2, -0.15) is 6.41 Å². The van der Waals surface area contributed by atoms with Crippen molar-refractivity contribution in [3.63, 3.8) is 0 Å². The van der Waals surface area contributed by atoms with E-state index in [1.54, 1.807) is 17.6 Å². The van der Waals surface area contributed by atoms with Gasteiger partial charge >= 0.3 is 0 Å². The quantitative estimate of drug-likeness (QED) is 0.467. The van der Waals surface area contributed by atoms with Crippen molar-refractivity contribution < 1.29 is 47.5 Å². The van der Waals surface area contributed by atoms with E-state index >= 15 is 0 Å². The number of carbonyl (C=O) groups is 1. The average molecular weight is 308 g/mol. The van der Waals surface area contributed by atoms with Crippen molar-refractivity contribution in [1.29, 1.82) is 0 Å². The van der Waals surface area contributed by atoms with Gasteiger partial charge in [0.15, 0.2) is 0 Å². The molecule has 2 N–H and O–H groups in total. The molecule has 0 aromatic heterocycles. The summed E-state index contributed by atoms with van der Waals surface area (Å²) in [6.07, 6.45) is 2.61. The summed E-state index contributed by atoms with van der Waals surface area (Å²) >= 11 is 0. The molecule has 1 radical (unpaired) electrons. The van der Waals surface area contributed by atoms with E-state index < -0.39 is 5.91 Å². The second kappa shape index (κ2) is 6.24. The van der Waals surface area contributed by atoms with Crippen molar-refractivity contribution in [2.45, 2.75) is 13.0 Å². The molecule has 0 saturated heterocycles. The summed E-state index contributed by atoms with van der Waals surface area (Å²) < 4.78 is 0. The first-order valence-electron chi connectivity index (χ1n) is 4.93. The van der Waals surface area contributed by atoms with E-state index in [1.807, 2.05) is 12.5 Å². The van der Waals surface area contributed by atoms with Gasteiger partial charge in [0, 0.05) is 44.8 Å². The van der Waals surface area contributed by atoms with Crippen LogP contribution in [-0.2, 0) is 50.5 Å². The summed E-state index contributed by atoms with van der Waals surface area (Å²) in [6, 6.07) is 5.19. The van der Waals surface area contributed by atoms with E-state index in [9.17, 15) is 9.59 Å². The van der Waals surface area contributed by atoms with Crippen LogP contribution in [0.15, 0.2) is 18.2 Å². The number of nitrogens with one attached hydrogen (secondary N) is 1. The number of hydrogen-bond donors (Lipinski definition) is 2. The molecule has 0 fully saturated rings. The van der Waals surface area contributed by atoms with Crippen LogP contribution in [0.5, 0.6) is 0 Å². The molecule has 0 aliphatic carbocycles. The molecule has 1 aromatic rings. The maximum Gasteiger partial charge on any atom is 0.274 e. The van der Waals surface area contributed by atoms with Crippen LogP contribution >= 0.6 is 0 Å². The fourth-order valence-corrected chi connectivity index (χ4v) is 1.84. The predicted octanol–water partition coefficient (Wildman–Crippen LogP) is 0.228. The number of amides is 2. The molecule has 0 saturated carbocycles. The fraction of sp³-hybridized carbons (Fsp3) is 0.273. The first kappa shape index (κ1) is 14.3. The van der Waals surface area contributed by atoms with Crippen molar-refractivity contribution in [1.82, 2.24) is 10.4 Å². The molecule has 2 amide bonds. The molecule has 5 nitrogen and oxygen atoms in total. The maximum absolute atomic E-state index is 11.2. The van der Waals surface area contributed by atoms with E-state index in [0.717, 1.165) is 17.5 Å². The topological polar surface area (TPSA) is 69.6 Å². The zero-order valence-electron chi connectivity index (χ0n) is 9.14. The molecule has 1 aromatic carbocycles. The number of hydrogen-bond acceptors (Lipinski definition) is 3. The molecule has 1 aliphatic heterocycles. The molecule has 6 heteroatoms. The Morgan fingerprint density at radius 1 is 1.41 bits per heavy atom. The minimum absolute atomic E-state index is 0. The van der Waals surface area contributed by atoms with Gasteiger partial charge in [0.05, 0.1) is 0 Å². The summed E-state index contributed by atoms with van der Waals surface area (Å²) in [5.41, 5.74) is 4.02. The van der Waals surface area contributed by atoms with Crippen molar-refractivity contribution in [3.8, 4) is 0 Å². The number of hydroxylamine groups is 1. The van der Waals surface area contributed by atoms with Gasteiger partial charge in [0.2, 0.25) is 0 Å². The summed E-state index contributed by atoms with van der Waals surface area (Å²) in [5.74, 6) is -0.546. The molecule has 0 atom stereocenters. The first-order valence-corrected chi connectivity index (χ1v) is 4.93. The molecular weight excluding hydrogens is 297 g/mol.